The van der Waals surface area contributed by atoms with E-state index in [2.05, 4.69) is 29.1 Å². The zero-order chi connectivity index (χ0) is 13.1. The van der Waals surface area contributed by atoms with Crippen molar-refractivity contribution in [3.63, 3.8) is 0 Å². The molecule has 0 fully saturated rings. The number of aryl methyl sites for hydroxylation is 1. The molecule has 0 bridgehead atoms. The first-order valence-corrected chi connectivity index (χ1v) is 6.11. The molecule has 0 saturated carbocycles. The number of hydrogen-bond acceptors (Lipinski definition) is 3. The largest absolute Gasteiger partial charge is 0.367 e. The average molecular weight is 244 g/mol. The van der Waals surface area contributed by atoms with Gasteiger partial charge in [0.1, 0.15) is 5.82 Å². The summed E-state index contributed by atoms with van der Waals surface area (Å²) >= 11 is 0. The van der Waals surface area contributed by atoms with Crippen molar-refractivity contribution in [2.45, 2.75) is 19.5 Å². The molecule has 0 unspecified atom stereocenters. The number of nitrogens with two attached hydrogens (primary N) is 1. The predicted octanol–water partition coefficient (Wildman–Crippen LogP) is 2.08. The van der Waals surface area contributed by atoms with Gasteiger partial charge in [-0.2, -0.15) is 0 Å². The lowest BCUT2D eigenvalue weighted by Crippen LogP contribution is -2.21. The molecule has 1 aromatic carbocycles. The van der Waals surface area contributed by atoms with Crippen LogP contribution in [0.15, 0.2) is 36.7 Å². The second-order valence-corrected chi connectivity index (χ2v) is 4.66. The molecule has 0 saturated heterocycles. The summed E-state index contributed by atoms with van der Waals surface area (Å²) in [4.78, 5) is 6.53. The molecule has 0 aliphatic rings. The summed E-state index contributed by atoms with van der Waals surface area (Å²) in [5.41, 5.74) is 8.33. The Kier molecular flexibility index (Phi) is 3.67. The molecule has 1 atom stereocenters. The molecule has 0 spiro atoms. The zero-order valence-corrected chi connectivity index (χ0v) is 11.2. The summed E-state index contributed by atoms with van der Waals surface area (Å²) in [5, 5.41) is 0. The third-order valence-electron chi connectivity index (χ3n) is 3.14. The number of imidazole rings is 1. The number of aromatic nitrogens is 2. The van der Waals surface area contributed by atoms with Crippen LogP contribution in [0.2, 0.25) is 0 Å². The SMILES string of the molecule is C[C@H](N)c1ccccc1N(C)Cc1nccn1C. The van der Waals surface area contributed by atoms with Gasteiger partial charge in [-0.1, -0.05) is 18.2 Å². The zero-order valence-electron chi connectivity index (χ0n) is 11.2. The molecule has 2 N–H and O–H groups in total. The molecule has 4 heteroatoms. The van der Waals surface area contributed by atoms with E-state index in [1.54, 1.807) is 0 Å². The molecule has 4 nitrogen and oxygen atoms in total. The Labute approximate surface area is 108 Å². The predicted molar refractivity (Wildman–Crippen MR) is 74.4 cm³/mol. The summed E-state index contributed by atoms with van der Waals surface area (Å²) < 4.78 is 2.03. The first-order chi connectivity index (χ1) is 8.59. The van der Waals surface area contributed by atoms with Crippen LogP contribution in [0, 0.1) is 0 Å². The fraction of sp³-hybridized carbons (Fsp3) is 0.357. The average Bonchev–Trinajstić information content (AvgIpc) is 2.75. The summed E-state index contributed by atoms with van der Waals surface area (Å²) in [7, 11) is 4.07. The van der Waals surface area contributed by atoms with Crippen molar-refractivity contribution in [2.75, 3.05) is 11.9 Å². The fourth-order valence-corrected chi connectivity index (χ4v) is 2.07. The number of para-hydroxylation sites is 1. The molecule has 1 heterocycles. The van der Waals surface area contributed by atoms with Gasteiger partial charge in [0.2, 0.25) is 0 Å². The standard InChI is InChI=1S/C14H20N4/c1-11(15)12-6-4-5-7-13(12)18(3)10-14-16-8-9-17(14)2/h4-9,11H,10,15H2,1-3H3/t11-/m0/s1. The Morgan fingerprint density at radius 3 is 2.72 bits per heavy atom. The van der Waals surface area contributed by atoms with E-state index in [0.29, 0.717) is 0 Å². The highest BCUT2D eigenvalue weighted by atomic mass is 15.2. The Morgan fingerprint density at radius 2 is 2.11 bits per heavy atom. The molecular formula is C14H20N4. The quantitative estimate of drug-likeness (QED) is 0.895. The van der Waals surface area contributed by atoms with Gasteiger partial charge in [-0.05, 0) is 18.6 Å². The molecule has 1 aromatic heterocycles. The maximum absolute atomic E-state index is 6.01. The van der Waals surface area contributed by atoms with Crippen molar-refractivity contribution in [1.29, 1.82) is 0 Å². The van der Waals surface area contributed by atoms with Gasteiger partial charge in [0.15, 0.2) is 0 Å². The van der Waals surface area contributed by atoms with Crippen molar-refractivity contribution in [1.82, 2.24) is 9.55 Å². The van der Waals surface area contributed by atoms with Crippen molar-refractivity contribution in [2.24, 2.45) is 12.8 Å². The van der Waals surface area contributed by atoms with Gasteiger partial charge in [0.25, 0.3) is 0 Å². The first kappa shape index (κ1) is 12.6. The van der Waals surface area contributed by atoms with Gasteiger partial charge in [0.05, 0.1) is 6.54 Å². The highest BCUT2D eigenvalue weighted by Crippen LogP contribution is 2.24. The molecular weight excluding hydrogens is 224 g/mol. The van der Waals surface area contributed by atoms with Crippen LogP contribution in [0.25, 0.3) is 0 Å². The summed E-state index contributed by atoms with van der Waals surface area (Å²) in [6.45, 7) is 2.78. The highest BCUT2D eigenvalue weighted by molar-refractivity contribution is 5.54. The maximum Gasteiger partial charge on any atom is 0.127 e. The second-order valence-electron chi connectivity index (χ2n) is 4.66. The Hall–Kier alpha value is -1.81. The van der Waals surface area contributed by atoms with Gasteiger partial charge < -0.3 is 15.2 Å². The molecule has 2 aromatic rings. The molecule has 2 rings (SSSR count). The van der Waals surface area contributed by atoms with Crippen molar-refractivity contribution >= 4 is 5.69 Å². The third kappa shape index (κ3) is 2.54. The minimum Gasteiger partial charge on any atom is -0.367 e. The number of benzene rings is 1. The summed E-state index contributed by atoms with van der Waals surface area (Å²) in [5.74, 6) is 1.04. The number of hydrogen-bond donors (Lipinski definition) is 1. The molecule has 96 valence electrons. The van der Waals surface area contributed by atoms with Crippen LogP contribution in [-0.4, -0.2) is 16.6 Å². The van der Waals surface area contributed by atoms with Crippen LogP contribution in [0.4, 0.5) is 5.69 Å². The smallest absolute Gasteiger partial charge is 0.127 e. The molecule has 0 amide bonds. The topological polar surface area (TPSA) is 47.1 Å². The Bertz CT molecular complexity index is 516. The number of nitrogens with zero attached hydrogens (tertiary/aromatic N) is 3. The maximum atomic E-state index is 6.01. The Balaban J connectivity index is 2.24. The lowest BCUT2D eigenvalue weighted by atomic mass is 10.1. The van der Waals surface area contributed by atoms with E-state index in [4.69, 9.17) is 5.73 Å². The van der Waals surface area contributed by atoms with Crippen LogP contribution in [0.5, 0.6) is 0 Å². The van der Waals surface area contributed by atoms with Crippen molar-refractivity contribution in [3.8, 4) is 0 Å². The fourth-order valence-electron chi connectivity index (χ4n) is 2.07. The third-order valence-corrected chi connectivity index (χ3v) is 3.14. The van der Waals surface area contributed by atoms with Crippen molar-refractivity contribution < 1.29 is 0 Å². The molecule has 0 aliphatic heterocycles. The van der Waals surface area contributed by atoms with Gasteiger partial charge in [-0.15, -0.1) is 0 Å². The highest BCUT2D eigenvalue weighted by Gasteiger charge is 2.11. The van der Waals surface area contributed by atoms with E-state index in [0.717, 1.165) is 23.6 Å². The van der Waals surface area contributed by atoms with E-state index in [1.165, 1.54) is 0 Å². The Morgan fingerprint density at radius 1 is 1.39 bits per heavy atom. The van der Waals surface area contributed by atoms with Crippen LogP contribution >= 0.6 is 0 Å². The van der Waals surface area contributed by atoms with Crippen LogP contribution in [0.3, 0.4) is 0 Å². The number of rotatable bonds is 4. The van der Waals surface area contributed by atoms with Crippen LogP contribution in [-0.2, 0) is 13.6 Å². The lowest BCUT2D eigenvalue weighted by Gasteiger charge is -2.23. The van der Waals surface area contributed by atoms with Crippen LogP contribution < -0.4 is 10.6 Å². The van der Waals surface area contributed by atoms with E-state index < -0.39 is 0 Å². The lowest BCUT2D eigenvalue weighted by molar-refractivity contribution is 0.748. The van der Waals surface area contributed by atoms with Crippen molar-refractivity contribution in [3.05, 3.63) is 48.0 Å². The number of anilines is 1. The minimum atomic E-state index is 0.0324. The van der Waals surface area contributed by atoms with Gasteiger partial charge >= 0.3 is 0 Å². The van der Waals surface area contributed by atoms with Crippen LogP contribution in [0.1, 0.15) is 24.4 Å². The normalized spacial score (nSPS) is 12.4. The van der Waals surface area contributed by atoms with Gasteiger partial charge in [-0.25, -0.2) is 4.98 Å². The first-order valence-electron chi connectivity index (χ1n) is 6.11. The second kappa shape index (κ2) is 5.23. The monoisotopic (exact) mass is 244 g/mol. The molecule has 0 aliphatic carbocycles. The van der Waals surface area contributed by atoms with E-state index in [1.807, 2.05) is 43.1 Å². The summed E-state index contributed by atoms with van der Waals surface area (Å²) in [6, 6.07) is 8.27. The van der Waals surface area contributed by atoms with Gasteiger partial charge in [0, 0.05) is 38.2 Å². The summed E-state index contributed by atoms with van der Waals surface area (Å²) in [6.07, 6.45) is 3.78. The van der Waals surface area contributed by atoms with Gasteiger partial charge in [-0.3, -0.25) is 0 Å². The molecule has 0 radical (unpaired) electrons. The molecule has 18 heavy (non-hydrogen) atoms. The van der Waals surface area contributed by atoms with E-state index in [-0.39, 0.29) is 6.04 Å². The minimum absolute atomic E-state index is 0.0324. The van der Waals surface area contributed by atoms with E-state index >= 15 is 0 Å². The van der Waals surface area contributed by atoms with E-state index in [9.17, 15) is 0 Å².